The van der Waals surface area contributed by atoms with Crippen molar-refractivity contribution in [1.82, 2.24) is 0 Å². The maximum Gasteiger partial charge on any atom is 0.340 e. The largest absolute Gasteiger partial charge is 0.496 e. The van der Waals surface area contributed by atoms with Crippen molar-refractivity contribution in [3.8, 4) is 11.5 Å². The van der Waals surface area contributed by atoms with E-state index < -0.39 is 5.63 Å². The van der Waals surface area contributed by atoms with Crippen LogP contribution in [0.3, 0.4) is 0 Å². The highest BCUT2D eigenvalue weighted by atomic mass is 16.5. The number of methoxy groups -OCH3 is 1. The number of hydrogen-bond acceptors (Lipinski definition) is 5. The van der Waals surface area contributed by atoms with E-state index in [1.165, 1.54) is 0 Å². The van der Waals surface area contributed by atoms with E-state index in [1.807, 2.05) is 59.7 Å². The highest BCUT2D eigenvalue weighted by Crippen LogP contribution is 2.43. The fraction of sp³-hybridized carbons (Fsp3) is 0.407. The Bertz CT molecular complexity index is 1310. The molecule has 174 valence electrons. The fourth-order valence-corrected chi connectivity index (χ4v) is 4.77. The zero-order valence-corrected chi connectivity index (χ0v) is 20.4. The predicted molar refractivity (Wildman–Crippen MR) is 130 cm³/mol. The average molecular weight is 450 g/mol. The third-order valence-electron chi connectivity index (χ3n) is 6.44. The number of amides is 1. The average Bonchev–Trinajstić information content (AvgIpc) is 2.72. The molecule has 1 aromatic heterocycles. The number of fused-ring (bicyclic) bond motifs is 3. The summed E-state index contributed by atoms with van der Waals surface area (Å²) in [6, 6.07) is 5.90. The lowest BCUT2D eigenvalue weighted by Gasteiger charge is -2.33. The number of carbonyl (C=O) groups is 1. The van der Waals surface area contributed by atoms with Crippen LogP contribution in [0.5, 0.6) is 11.5 Å². The molecule has 0 saturated heterocycles. The Labute approximate surface area is 193 Å². The van der Waals surface area contributed by atoms with Crippen LogP contribution in [0.1, 0.15) is 53.6 Å². The van der Waals surface area contributed by atoms with Crippen LogP contribution < -0.4 is 20.4 Å². The summed E-state index contributed by atoms with van der Waals surface area (Å²) in [6.07, 6.45) is 1.46. The summed E-state index contributed by atoms with van der Waals surface area (Å²) in [7, 11) is 1.58. The lowest BCUT2D eigenvalue weighted by atomic mass is 9.91. The van der Waals surface area contributed by atoms with Crippen molar-refractivity contribution in [3.63, 3.8) is 0 Å². The van der Waals surface area contributed by atoms with E-state index in [0.29, 0.717) is 33.6 Å². The van der Waals surface area contributed by atoms with Gasteiger partial charge in [-0.1, -0.05) is 17.7 Å². The molecule has 0 unspecified atom stereocenters. The van der Waals surface area contributed by atoms with E-state index in [1.54, 1.807) is 7.11 Å². The number of hydrogen-bond donors (Lipinski definition) is 1. The van der Waals surface area contributed by atoms with Gasteiger partial charge in [0.2, 0.25) is 5.91 Å². The third-order valence-corrected chi connectivity index (χ3v) is 6.44. The summed E-state index contributed by atoms with van der Waals surface area (Å²) in [4.78, 5) is 25.9. The molecule has 1 amide bonds. The molecule has 0 radical (unpaired) electrons. The number of anilines is 1. The van der Waals surface area contributed by atoms with Crippen LogP contribution >= 0.6 is 0 Å². The zero-order chi connectivity index (χ0) is 24.1. The van der Waals surface area contributed by atoms with Gasteiger partial charge in [0.05, 0.1) is 24.5 Å². The second-order valence-corrected chi connectivity index (χ2v) is 9.61. The first-order valence-electron chi connectivity index (χ1n) is 11.2. The Morgan fingerprint density at radius 2 is 1.79 bits per heavy atom. The van der Waals surface area contributed by atoms with Gasteiger partial charge in [-0.15, -0.1) is 0 Å². The Hall–Kier alpha value is -3.28. The highest BCUT2D eigenvalue weighted by molar-refractivity contribution is 5.96. The molecule has 0 bridgehead atoms. The Kier molecular flexibility index (Phi) is 5.72. The van der Waals surface area contributed by atoms with Crippen LogP contribution in [0.4, 0.5) is 5.69 Å². The summed E-state index contributed by atoms with van der Waals surface area (Å²) in [5.41, 5.74) is 5.45. The summed E-state index contributed by atoms with van der Waals surface area (Å²) >= 11 is 0. The predicted octanol–water partition coefficient (Wildman–Crippen LogP) is 5.32. The van der Waals surface area contributed by atoms with Crippen molar-refractivity contribution < 1.29 is 18.7 Å². The van der Waals surface area contributed by atoms with Crippen LogP contribution in [-0.2, 0) is 17.6 Å². The van der Waals surface area contributed by atoms with Gasteiger partial charge in [-0.3, -0.25) is 4.79 Å². The molecule has 0 aliphatic carbocycles. The minimum Gasteiger partial charge on any atom is -0.496 e. The molecule has 1 aliphatic heterocycles. The first-order chi connectivity index (χ1) is 15.5. The number of nitrogens with one attached hydrogen (secondary N) is 1. The molecule has 0 spiro atoms. The second-order valence-electron chi connectivity index (χ2n) is 9.61. The molecular weight excluding hydrogens is 418 g/mol. The van der Waals surface area contributed by atoms with Crippen molar-refractivity contribution in [2.45, 2.75) is 66.4 Å². The van der Waals surface area contributed by atoms with Gasteiger partial charge in [0, 0.05) is 17.3 Å². The maximum atomic E-state index is 13.0. The second kappa shape index (κ2) is 8.25. The lowest BCUT2D eigenvalue weighted by Crippen LogP contribution is -2.32. The monoisotopic (exact) mass is 449 g/mol. The van der Waals surface area contributed by atoms with Crippen molar-refractivity contribution in [2.75, 3.05) is 12.4 Å². The van der Waals surface area contributed by atoms with E-state index in [-0.39, 0.29) is 17.9 Å². The number of rotatable bonds is 4. The minimum atomic E-state index is -0.507. The molecule has 2 heterocycles. The molecule has 6 heteroatoms. The van der Waals surface area contributed by atoms with Crippen molar-refractivity contribution in [1.29, 1.82) is 0 Å². The highest BCUT2D eigenvalue weighted by Gasteiger charge is 2.31. The van der Waals surface area contributed by atoms with Gasteiger partial charge >= 0.3 is 5.63 Å². The van der Waals surface area contributed by atoms with E-state index in [4.69, 9.17) is 13.9 Å². The topological polar surface area (TPSA) is 77.8 Å². The smallest absolute Gasteiger partial charge is 0.340 e. The zero-order valence-electron chi connectivity index (χ0n) is 20.4. The van der Waals surface area contributed by atoms with Gasteiger partial charge in [0.15, 0.2) is 0 Å². The number of aryl methyl sites for hydroxylation is 5. The molecule has 0 saturated carbocycles. The van der Waals surface area contributed by atoms with Crippen LogP contribution in [0.25, 0.3) is 11.0 Å². The van der Waals surface area contributed by atoms with Gasteiger partial charge < -0.3 is 19.2 Å². The fourth-order valence-electron chi connectivity index (χ4n) is 4.77. The minimum absolute atomic E-state index is 0.0827. The Balaban J connectivity index is 1.76. The molecule has 0 atom stereocenters. The molecule has 4 rings (SSSR count). The molecule has 1 aliphatic rings. The quantitative estimate of drug-likeness (QED) is 0.546. The molecule has 33 heavy (non-hydrogen) atoms. The molecular formula is C27H31NO5. The van der Waals surface area contributed by atoms with Crippen LogP contribution in [0.15, 0.2) is 27.4 Å². The van der Waals surface area contributed by atoms with Gasteiger partial charge in [0.1, 0.15) is 22.7 Å². The Morgan fingerprint density at radius 1 is 1.12 bits per heavy atom. The van der Waals surface area contributed by atoms with E-state index >= 15 is 0 Å². The number of ether oxygens (including phenoxy) is 2. The van der Waals surface area contributed by atoms with Gasteiger partial charge in [0.25, 0.3) is 0 Å². The molecule has 1 N–H and O–H groups in total. The van der Waals surface area contributed by atoms with Gasteiger partial charge in [-0.05, 0) is 71.1 Å². The first-order valence-corrected chi connectivity index (χ1v) is 11.2. The van der Waals surface area contributed by atoms with Crippen LogP contribution in [-0.4, -0.2) is 18.6 Å². The van der Waals surface area contributed by atoms with Gasteiger partial charge in [-0.25, -0.2) is 4.79 Å². The van der Waals surface area contributed by atoms with Crippen molar-refractivity contribution in [2.24, 2.45) is 0 Å². The summed E-state index contributed by atoms with van der Waals surface area (Å²) < 4.78 is 17.6. The van der Waals surface area contributed by atoms with E-state index in [2.05, 4.69) is 5.32 Å². The Morgan fingerprint density at radius 3 is 2.42 bits per heavy atom. The summed E-state index contributed by atoms with van der Waals surface area (Å²) in [5.74, 6) is 0.977. The van der Waals surface area contributed by atoms with E-state index in [0.717, 1.165) is 40.8 Å². The lowest BCUT2D eigenvalue weighted by molar-refractivity contribution is -0.115. The van der Waals surface area contributed by atoms with Gasteiger partial charge in [-0.2, -0.15) is 0 Å². The third kappa shape index (κ3) is 4.22. The normalized spacial score (nSPS) is 14.5. The van der Waals surface area contributed by atoms with Crippen molar-refractivity contribution in [3.05, 3.63) is 62.0 Å². The number of benzene rings is 2. The first kappa shape index (κ1) is 22.9. The SMILES string of the molecule is COc1cc2c(c3oc(=O)c(CC(=O)Nc4c(C)cc(C)cc4C)c(C)c13)CCC(C)(C)O2. The molecule has 0 fully saturated rings. The number of carbonyl (C=O) groups excluding carboxylic acids is 1. The summed E-state index contributed by atoms with van der Waals surface area (Å²) in [5, 5.41) is 3.69. The van der Waals surface area contributed by atoms with Crippen LogP contribution in [0.2, 0.25) is 0 Å². The maximum absolute atomic E-state index is 13.0. The molecule has 3 aromatic rings. The van der Waals surface area contributed by atoms with E-state index in [9.17, 15) is 9.59 Å². The molecule has 2 aromatic carbocycles. The standard InChI is InChI=1S/C27H31NO5/c1-14-10-15(2)24(16(3)11-14)28-22(29)12-19-17(4)23-21(31-7)13-20-18(25(23)32-26(19)30)8-9-27(5,6)33-20/h10-11,13H,8-9,12H2,1-7H3,(H,28,29). The van der Waals surface area contributed by atoms with Crippen LogP contribution in [0, 0.1) is 27.7 Å². The van der Waals surface area contributed by atoms with Crippen molar-refractivity contribution >= 4 is 22.6 Å². The summed E-state index contributed by atoms with van der Waals surface area (Å²) in [6.45, 7) is 11.9. The molecule has 6 nitrogen and oxygen atoms in total.